The second-order valence-corrected chi connectivity index (χ2v) is 17.3. The molecule has 13 nitrogen and oxygen atoms in total. The Morgan fingerprint density at radius 2 is 1.64 bits per heavy atom. The van der Waals surface area contributed by atoms with Crippen LogP contribution in [0.2, 0.25) is 0 Å². The minimum Gasteiger partial charge on any atom is -0.464 e. The van der Waals surface area contributed by atoms with Gasteiger partial charge in [0.2, 0.25) is 0 Å². The molecule has 0 aliphatic carbocycles. The number of hydrogen-bond acceptors (Lipinski definition) is 11. The number of carbonyl (C=O) groups excluding carboxylic acids is 1. The summed E-state index contributed by atoms with van der Waals surface area (Å²) in [6.45, 7) is 5.44. The quantitative estimate of drug-likeness (QED) is 0.0250. The highest BCUT2D eigenvalue weighted by atomic mass is 31.2. The van der Waals surface area contributed by atoms with Crippen LogP contribution in [0.5, 0.6) is 5.75 Å². The zero-order valence-electron chi connectivity index (χ0n) is 34.2. The zero-order valence-corrected chi connectivity index (χ0v) is 35.1. The lowest BCUT2D eigenvalue weighted by atomic mass is 9.95. The van der Waals surface area contributed by atoms with E-state index in [9.17, 15) is 27.6 Å². The van der Waals surface area contributed by atoms with Crippen LogP contribution in [0, 0.1) is 23.6 Å². The SMILES string of the molecule is CCCCCCCC(CCCCCCC)COC(=O)[C@H](Cc1cc(F)cc(F)c1)N[P@](=O)(OC[C@@]1(C)O[C@@H](n2cnc3c(N)nc(F)nc32)C[C@@H]1O)Oc1ccccc1. The Morgan fingerprint density at radius 1 is 1.00 bits per heavy atom. The Bertz CT molecular complexity index is 1960. The molecule has 0 spiro atoms. The molecule has 4 N–H and O–H groups in total. The molecule has 324 valence electrons. The Balaban J connectivity index is 1.36. The highest BCUT2D eigenvalue weighted by molar-refractivity contribution is 7.52. The summed E-state index contributed by atoms with van der Waals surface area (Å²) in [6, 6.07) is 9.52. The molecular weight excluding hydrogens is 788 g/mol. The van der Waals surface area contributed by atoms with Gasteiger partial charge in [0.25, 0.3) is 0 Å². The predicted molar refractivity (Wildman–Crippen MR) is 218 cm³/mol. The summed E-state index contributed by atoms with van der Waals surface area (Å²) >= 11 is 0. The highest BCUT2D eigenvalue weighted by Crippen LogP contribution is 2.48. The first kappa shape index (κ1) is 46.0. The Kier molecular flexibility index (Phi) is 17.1. The number of aliphatic hydroxyl groups is 1. The van der Waals surface area contributed by atoms with Crippen LogP contribution in [0.1, 0.15) is 116 Å². The van der Waals surface area contributed by atoms with Gasteiger partial charge < -0.3 is 24.8 Å². The molecule has 0 saturated carbocycles. The van der Waals surface area contributed by atoms with Gasteiger partial charge in [0.15, 0.2) is 17.0 Å². The van der Waals surface area contributed by atoms with Gasteiger partial charge in [-0.15, -0.1) is 0 Å². The molecule has 59 heavy (non-hydrogen) atoms. The Hall–Kier alpha value is -4.08. The summed E-state index contributed by atoms with van der Waals surface area (Å²) < 4.78 is 83.3. The maximum Gasteiger partial charge on any atom is 0.459 e. The van der Waals surface area contributed by atoms with Crippen molar-refractivity contribution >= 4 is 30.7 Å². The molecule has 2 aromatic carbocycles. The fraction of sp³-hybridized carbons (Fsp3) is 0.571. The van der Waals surface area contributed by atoms with Crippen LogP contribution in [0.3, 0.4) is 0 Å². The average molecular weight is 847 g/mol. The van der Waals surface area contributed by atoms with Crippen LogP contribution in [0.25, 0.3) is 11.2 Å². The van der Waals surface area contributed by atoms with E-state index in [-0.39, 0.29) is 53.7 Å². The second-order valence-electron chi connectivity index (χ2n) is 15.6. The lowest BCUT2D eigenvalue weighted by Crippen LogP contribution is -2.43. The number of rotatable bonds is 25. The zero-order chi connectivity index (χ0) is 42.4. The lowest BCUT2D eigenvalue weighted by molar-refractivity contribution is -0.147. The molecular formula is C42H58F3N6O7P. The van der Waals surface area contributed by atoms with Gasteiger partial charge in [0.1, 0.15) is 35.3 Å². The normalized spacial score (nSPS) is 19.6. The van der Waals surface area contributed by atoms with Crippen molar-refractivity contribution in [1.82, 2.24) is 24.6 Å². The van der Waals surface area contributed by atoms with Crippen molar-refractivity contribution in [3.05, 3.63) is 78.1 Å². The first-order valence-electron chi connectivity index (χ1n) is 20.7. The highest BCUT2D eigenvalue weighted by Gasteiger charge is 2.48. The average Bonchev–Trinajstić information content (AvgIpc) is 3.75. The van der Waals surface area contributed by atoms with E-state index in [1.54, 1.807) is 18.2 Å². The van der Waals surface area contributed by atoms with E-state index in [4.69, 9.17) is 24.3 Å². The summed E-state index contributed by atoms with van der Waals surface area (Å²) in [4.78, 5) is 25.5. The monoisotopic (exact) mass is 846 g/mol. The standard InChI is InChI=1S/C42H58F3N6O7P/c1-4-6-8-10-13-17-29(18-14-11-9-7-5-2)26-55-40(53)34(23-30-21-31(43)24-32(44)22-30)50-59(54,58-33-19-15-12-16-20-33)56-27-42(3)35(52)25-36(57-42)51-28-47-37-38(46)48-41(45)49-39(37)51/h12,15-16,19-22,24,28-29,34-36,52H,4-11,13-14,17-18,23,25-27H2,1-3H3,(H,50,54)(H2,46,48,49)/t34-,35-,36+,42+,59-/m0/s1. The van der Waals surface area contributed by atoms with Crippen molar-refractivity contribution in [2.24, 2.45) is 5.92 Å². The van der Waals surface area contributed by atoms with Gasteiger partial charge in [-0.3, -0.25) is 13.9 Å². The maximum atomic E-state index is 14.8. The van der Waals surface area contributed by atoms with E-state index in [0.29, 0.717) is 6.07 Å². The number of unbranched alkanes of at least 4 members (excludes halogenated alkanes) is 8. The summed E-state index contributed by atoms with van der Waals surface area (Å²) in [6.07, 6.45) is 10.6. The molecule has 1 fully saturated rings. The molecule has 5 rings (SSSR count). The molecule has 5 atom stereocenters. The van der Waals surface area contributed by atoms with Crippen LogP contribution >= 0.6 is 7.75 Å². The summed E-state index contributed by atoms with van der Waals surface area (Å²) in [5.74, 6) is -2.46. The summed E-state index contributed by atoms with van der Waals surface area (Å²) in [5.41, 5.74) is 4.59. The largest absolute Gasteiger partial charge is 0.464 e. The predicted octanol–water partition coefficient (Wildman–Crippen LogP) is 9.15. The van der Waals surface area contributed by atoms with Crippen LogP contribution < -0.4 is 15.3 Å². The summed E-state index contributed by atoms with van der Waals surface area (Å²) in [5, 5.41) is 14.0. The third-order valence-corrected chi connectivity index (χ3v) is 12.2. The van der Waals surface area contributed by atoms with Crippen LogP contribution in [0.4, 0.5) is 19.0 Å². The van der Waals surface area contributed by atoms with Crippen molar-refractivity contribution in [3.63, 3.8) is 0 Å². The molecule has 0 amide bonds. The molecule has 2 aromatic heterocycles. The number of hydrogen-bond donors (Lipinski definition) is 3. The number of anilines is 1. The van der Waals surface area contributed by atoms with Gasteiger partial charge >= 0.3 is 19.8 Å². The van der Waals surface area contributed by atoms with Gasteiger partial charge in [-0.25, -0.2) is 18.3 Å². The van der Waals surface area contributed by atoms with Crippen molar-refractivity contribution in [1.29, 1.82) is 0 Å². The number of carbonyl (C=O) groups is 1. The minimum atomic E-state index is -4.61. The van der Waals surface area contributed by atoms with E-state index in [0.717, 1.165) is 89.2 Å². The third-order valence-electron chi connectivity index (χ3n) is 10.6. The molecule has 4 aromatic rings. The first-order chi connectivity index (χ1) is 28.3. The van der Waals surface area contributed by atoms with E-state index in [1.165, 1.54) is 30.0 Å². The molecule has 17 heteroatoms. The van der Waals surface area contributed by atoms with Gasteiger partial charge in [0.05, 0.1) is 25.6 Å². The van der Waals surface area contributed by atoms with Gasteiger partial charge in [-0.2, -0.15) is 19.4 Å². The fourth-order valence-electron chi connectivity index (χ4n) is 7.24. The van der Waals surface area contributed by atoms with E-state index in [1.807, 2.05) is 0 Å². The smallest absolute Gasteiger partial charge is 0.459 e. The van der Waals surface area contributed by atoms with Gasteiger partial charge in [-0.05, 0) is 61.9 Å². The van der Waals surface area contributed by atoms with Crippen molar-refractivity contribution in [2.45, 2.75) is 135 Å². The number of nitrogens with one attached hydrogen (secondary N) is 1. The number of nitrogens with two attached hydrogens (primary N) is 1. The van der Waals surface area contributed by atoms with Crippen LogP contribution in [-0.4, -0.2) is 61.6 Å². The Morgan fingerprint density at radius 3 is 2.29 bits per heavy atom. The maximum absolute atomic E-state index is 14.8. The summed E-state index contributed by atoms with van der Waals surface area (Å²) in [7, 11) is -4.61. The number of nitrogen functional groups attached to an aromatic ring is 1. The number of halogens is 3. The number of aliphatic hydroxyl groups excluding tert-OH is 1. The molecule has 0 radical (unpaired) electrons. The molecule has 0 unspecified atom stereocenters. The number of para-hydroxylation sites is 1. The van der Waals surface area contributed by atoms with Crippen molar-refractivity contribution in [3.8, 4) is 5.75 Å². The van der Waals surface area contributed by atoms with Crippen molar-refractivity contribution < 1.29 is 46.2 Å². The van der Waals surface area contributed by atoms with Crippen molar-refractivity contribution in [2.75, 3.05) is 18.9 Å². The molecule has 3 heterocycles. The second kappa shape index (κ2) is 22.0. The van der Waals surface area contributed by atoms with E-state index in [2.05, 4.69) is 33.9 Å². The molecule has 1 aliphatic heterocycles. The van der Waals surface area contributed by atoms with Crippen LogP contribution in [-0.2, 0) is 29.8 Å². The topological polar surface area (TPSA) is 173 Å². The number of imidazole rings is 1. The van der Waals surface area contributed by atoms with Gasteiger partial charge in [0, 0.05) is 12.5 Å². The van der Waals surface area contributed by atoms with Gasteiger partial charge in [-0.1, -0.05) is 96.3 Å². The third kappa shape index (κ3) is 13.5. The van der Waals surface area contributed by atoms with E-state index >= 15 is 0 Å². The first-order valence-corrected chi connectivity index (χ1v) is 22.3. The number of nitrogens with zero attached hydrogens (tertiary/aromatic N) is 4. The minimum absolute atomic E-state index is 0.0213. The molecule has 0 bridgehead atoms. The number of ether oxygens (including phenoxy) is 2. The van der Waals surface area contributed by atoms with Crippen LogP contribution in [0.15, 0.2) is 54.9 Å². The number of esters is 1. The Labute approximate surface area is 344 Å². The molecule has 1 saturated heterocycles. The van der Waals surface area contributed by atoms with E-state index < -0.39 is 62.0 Å². The number of benzene rings is 2. The number of fused-ring (bicyclic) bond motifs is 1. The lowest BCUT2D eigenvalue weighted by Gasteiger charge is -2.31. The fourth-order valence-corrected chi connectivity index (χ4v) is 8.83. The number of aromatic nitrogens is 4. The molecule has 1 aliphatic rings.